The predicted octanol–water partition coefficient (Wildman–Crippen LogP) is 2.28. The molecule has 2 amide bonds. The lowest BCUT2D eigenvalue weighted by Gasteiger charge is -2.26. The zero-order valence-electron chi connectivity index (χ0n) is 17.2. The van der Waals surface area contributed by atoms with Crippen molar-refractivity contribution in [1.29, 1.82) is 0 Å². The number of halogens is 2. The van der Waals surface area contributed by atoms with E-state index in [9.17, 15) is 18.4 Å². The molecule has 1 aliphatic carbocycles. The molecule has 3 heterocycles. The highest BCUT2D eigenvalue weighted by Crippen LogP contribution is 2.44. The van der Waals surface area contributed by atoms with Crippen LogP contribution in [0.3, 0.4) is 0 Å². The average Bonchev–Trinajstić information content (AvgIpc) is 3.50. The number of nitrogens with zero attached hydrogens (tertiary/aromatic N) is 5. The fourth-order valence-corrected chi connectivity index (χ4v) is 5.18. The van der Waals surface area contributed by atoms with Gasteiger partial charge in [-0.3, -0.25) is 9.59 Å². The van der Waals surface area contributed by atoms with Crippen LogP contribution in [0, 0.1) is 29.4 Å². The first-order valence-electron chi connectivity index (χ1n) is 10.6. The van der Waals surface area contributed by atoms with Crippen LogP contribution in [-0.2, 0) is 4.79 Å². The number of hydrazone groups is 1. The van der Waals surface area contributed by atoms with E-state index >= 15 is 0 Å². The molecule has 1 aromatic carbocycles. The van der Waals surface area contributed by atoms with E-state index in [0.717, 1.165) is 31.3 Å². The number of anilines is 1. The van der Waals surface area contributed by atoms with E-state index < -0.39 is 23.6 Å². The zero-order chi connectivity index (χ0) is 22.4. The molecule has 1 saturated heterocycles. The summed E-state index contributed by atoms with van der Waals surface area (Å²) in [5.41, 5.74) is 5.63. The van der Waals surface area contributed by atoms with Gasteiger partial charge in [0.2, 0.25) is 5.91 Å². The van der Waals surface area contributed by atoms with Gasteiger partial charge in [0, 0.05) is 43.3 Å². The molecule has 3 unspecified atom stereocenters. The molecule has 10 heteroatoms. The summed E-state index contributed by atoms with van der Waals surface area (Å²) in [5.74, 6) is -0.802. The van der Waals surface area contributed by atoms with Gasteiger partial charge in [-0.25, -0.2) is 23.8 Å². The first-order valence-corrected chi connectivity index (χ1v) is 10.6. The summed E-state index contributed by atoms with van der Waals surface area (Å²) in [6, 6.07) is 4.25. The van der Waals surface area contributed by atoms with Crippen molar-refractivity contribution in [1.82, 2.24) is 15.0 Å². The van der Waals surface area contributed by atoms with Crippen molar-refractivity contribution in [3.63, 3.8) is 0 Å². The Morgan fingerprint density at radius 2 is 1.81 bits per heavy atom. The third kappa shape index (κ3) is 3.59. The fraction of sp³-hybridized carbons (Fsp3) is 0.409. The highest BCUT2D eigenvalue weighted by Gasteiger charge is 2.46. The maximum absolute atomic E-state index is 14.3. The average molecular weight is 440 g/mol. The van der Waals surface area contributed by atoms with Gasteiger partial charge in [-0.05, 0) is 42.9 Å². The number of rotatable bonds is 4. The minimum absolute atomic E-state index is 0.147. The monoisotopic (exact) mass is 440 g/mol. The summed E-state index contributed by atoms with van der Waals surface area (Å²) in [4.78, 5) is 34.9. The Kier molecular flexibility index (Phi) is 5.07. The molecule has 166 valence electrons. The number of amides is 2. The first-order chi connectivity index (χ1) is 15.4. The molecule has 3 aliphatic rings. The van der Waals surface area contributed by atoms with E-state index in [1.54, 1.807) is 12.3 Å². The molecule has 2 N–H and O–H groups in total. The topological polar surface area (TPSA) is 105 Å². The van der Waals surface area contributed by atoms with E-state index in [4.69, 9.17) is 5.73 Å². The first kappa shape index (κ1) is 20.5. The number of fused-ring (bicyclic) bond motifs is 1. The van der Waals surface area contributed by atoms with Gasteiger partial charge >= 0.3 is 0 Å². The van der Waals surface area contributed by atoms with Crippen molar-refractivity contribution in [3.05, 3.63) is 53.5 Å². The van der Waals surface area contributed by atoms with Gasteiger partial charge in [0.05, 0.1) is 6.04 Å². The standard InChI is InChI=1S/C22H22F2N6O2/c23-15-1-2-17(24)16(7-15)19-3-4-28-30(19)22(32)12-5-13-9-29(10-14(13)6-12)20-8-18(21(25)31)26-11-27-20/h1-2,4,7-8,11-14,19H,3,5-6,9-10H2,(H2,25,31). The number of carbonyl (C=O) groups excluding carboxylic acids is 2. The van der Waals surface area contributed by atoms with Crippen LogP contribution in [0.5, 0.6) is 0 Å². The molecular formula is C22H22F2N6O2. The fourth-order valence-electron chi connectivity index (χ4n) is 5.18. The highest BCUT2D eigenvalue weighted by molar-refractivity contribution is 5.91. The van der Waals surface area contributed by atoms with Crippen LogP contribution >= 0.6 is 0 Å². The second-order valence-electron chi connectivity index (χ2n) is 8.62. The molecule has 0 radical (unpaired) electrons. The Labute approximate surface area is 183 Å². The van der Waals surface area contributed by atoms with Gasteiger partial charge in [0.1, 0.15) is 29.5 Å². The molecule has 2 aromatic rings. The van der Waals surface area contributed by atoms with Crippen molar-refractivity contribution >= 4 is 23.8 Å². The predicted molar refractivity (Wildman–Crippen MR) is 112 cm³/mol. The van der Waals surface area contributed by atoms with Crippen molar-refractivity contribution in [2.24, 2.45) is 28.6 Å². The number of benzene rings is 1. The summed E-state index contributed by atoms with van der Waals surface area (Å²) in [5, 5.41) is 5.51. The van der Waals surface area contributed by atoms with Crippen LogP contribution in [0.1, 0.15) is 41.4 Å². The molecule has 8 nitrogen and oxygen atoms in total. The minimum atomic E-state index is -0.622. The van der Waals surface area contributed by atoms with Gasteiger partial charge < -0.3 is 10.6 Å². The lowest BCUT2D eigenvalue weighted by molar-refractivity contribution is -0.137. The van der Waals surface area contributed by atoms with Crippen LogP contribution in [0.2, 0.25) is 0 Å². The third-order valence-electron chi connectivity index (χ3n) is 6.70. The number of hydrogen-bond donors (Lipinski definition) is 1. The summed E-state index contributed by atoms with van der Waals surface area (Å²) >= 11 is 0. The number of aromatic nitrogens is 2. The second kappa shape index (κ2) is 7.92. The second-order valence-corrected chi connectivity index (χ2v) is 8.62. The molecular weight excluding hydrogens is 418 g/mol. The summed E-state index contributed by atoms with van der Waals surface area (Å²) in [7, 11) is 0. The normalized spacial score (nSPS) is 26.6. The Morgan fingerprint density at radius 3 is 2.53 bits per heavy atom. The van der Waals surface area contributed by atoms with Crippen LogP contribution < -0.4 is 10.6 Å². The van der Waals surface area contributed by atoms with Crippen LogP contribution in [0.15, 0.2) is 35.7 Å². The molecule has 0 bridgehead atoms. The summed E-state index contributed by atoms with van der Waals surface area (Å²) in [6.45, 7) is 1.43. The van der Waals surface area contributed by atoms with Crippen molar-refractivity contribution in [2.75, 3.05) is 18.0 Å². The van der Waals surface area contributed by atoms with Gasteiger partial charge in [0.15, 0.2) is 0 Å². The van der Waals surface area contributed by atoms with Crippen LogP contribution in [0.25, 0.3) is 0 Å². The Hall–Kier alpha value is -3.43. The molecule has 0 spiro atoms. The Morgan fingerprint density at radius 1 is 1.06 bits per heavy atom. The minimum Gasteiger partial charge on any atom is -0.364 e. The van der Waals surface area contributed by atoms with Gasteiger partial charge in [-0.15, -0.1) is 0 Å². The summed E-state index contributed by atoms with van der Waals surface area (Å²) in [6.07, 6.45) is 4.65. The maximum atomic E-state index is 14.3. The lowest BCUT2D eigenvalue weighted by Crippen LogP contribution is -2.33. The SMILES string of the molecule is NC(=O)c1cc(N2CC3CC(C(=O)N4N=CCC4c4cc(F)ccc4F)CC3C2)ncn1. The third-order valence-corrected chi connectivity index (χ3v) is 6.70. The maximum Gasteiger partial charge on any atom is 0.267 e. The van der Waals surface area contributed by atoms with E-state index in [2.05, 4.69) is 20.0 Å². The smallest absolute Gasteiger partial charge is 0.267 e. The van der Waals surface area contributed by atoms with Gasteiger partial charge in [0.25, 0.3) is 5.91 Å². The van der Waals surface area contributed by atoms with E-state index in [1.807, 2.05) is 0 Å². The molecule has 1 saturated carbocycles. The number of nitrogens with two attached hydrogens (primary N) is 1. The molecule has 32 heavy (non-hydrogen) atoms. The molecule has 2 fully saturated rings. The van der Waals surface area contributed by atoms with Gasteiger partial charge in [-0.1, -0.05) is 0 Å². The number of primary amides is 1. The number of hydrogen-bond acceptors (Lipinski definition) is 6. The van der Waals surface area contributed by atoms with Crippen LogP contribution in [0.4, 0.5) is 14.6 Å². The zero-order valence-corrected chi connectivity index (χ0v) is 17.2. The molecule has 2 aliphatic heterocycles. The van der Waals surface area contributed by atoms with Crippen molar-refractivity contribution in [2.45, 2.75) is 25.3 Å². The summed E-state index contributed by atoms with van der Waals surface area (Å²) < 4.78 is 28.0. The lowest BCUT2D eigenvalue weighted by atomic mass is 10.00. The van der Waals surface area contributed by atoms with E-state index in [0.29, 0.717) is 36.9 Å². The largest absolute Gasteiger partial charge is 0.364 e. The number of carbonyl (C=O) groups is 2. The molecule has 3 atom stereocenters. The van der Waals surface area contributed by atoms with Gasteiger partial charge in [-0.2, -0.15) is 5.10 Å². The van der Waals surface area contributed by atoms with E-state index in [1.165, 1.54) is 11.3 Å². The highest BCUT2D eigenvalue weighted by atomic mass is 19.1. The quantitative estimate of drug-likeness (QED) is 0.785. The Balaban J connectivity index is 1.26. The van der Waals surface area contributed by atoms with Crippen molar-refractivity contribution in [3.8, 4) is 0 Å². The van der Waals surface area contributed by atoms with Crippen molar-refractivity contribution < 1.29 is 18.4 Å². The van der Waals surface area contributed by atoms with Crippen LogP contribution in [-0.4, -0.2) is 46.1 Å². The Bertz CT molecular complexity index is 1100. The van der Waals surface area contributed by atoms with E-state index in [-0.39, 0.29) is 23.1 Å². The molecule has 1 aromatic heterocycles. The molecule has 5 rings (SSSR count).